The lowest BCUT2D eigenvalue weighted by Crippen LogP contribution is -2.38. The van der Waals surface area contributed by atoms with E-state index in [-0.39, 0.29) is 10.9 Å². The van der Waals surface area contributed by atoms with Gasteiger partial charge in [0, 0.05) is 25.3 Å². The normalized spacial score (nSPS) is 17.7. The van der Waals surface area contributed by atoms with Gasteiger partial charge in [0.25, 0.3) is 0 Å². The first kappa shape index (κ1) is 19.1. The zero-order valence-corrected chi connectivity index (χ0v) is 16.2. The molecule has 1 N–H and O–H groups in total. The molecule has 7 heteroatoms. The Morgan fingerprint density at radius 1 is 1.12 bits per heavy atom. The van der Waals surface area contributed by atoms with Crippen molar-refractivity contribution in [3.8, 4) is 0 Å². The third-order valence-electron chi connectivity index (χ3n) is 4.98. The molecule has 6 nitrogen and oxygen atoms in total. The average Bonchev–Trinajstić information content (AvgIpc) is 3.00. The molecule has 1 aliphatic heterocycles. The van der Waals surface area contributed by atoms with E-state index in [1.54, 1.807) is 10.9 Å². The Labute approximate surface area is 156 Å². The van der Waals surface area contributed by atoms with Crippen LogP contribution in [0.2, 0.25) is 0 Å². The van der Waals surface area contributed by atoms with Gasteiger partial charge in [0.2, 0.25) is 10.0 Å². The Kier molecular flexibility index (Phi) is 6.45. The first-order valence-electron chi connectivity index (χ1n) is 9.41. The van der Waals surface area contributed by atoms with Crippen LogP contribution in [-0.2, 0) is 16.6 Å². The van der Waals surface area contributed by atoms with Crippen molar-refractivity contribution in [2.24, 2.45) is 0 Å². The van der Waals surface area contributed by atoms with Gasteiger partial charge in [-0.05, 0) is 38.4 Å². The molecule has 1 unspecified atom stereocenters. The van der Waals surface area contributed by atoms with Crippen molar-refractivity contribution >= 4 is 10.0 Å². The van der Waals surface area contributed by atoms with Crippen molar-refractivity contribution in [1.29, 1.82) is 0 Å². The maximum absolute atomic E-state index is 12.7. The largest absolute Gasteiger partial charge is 0.295 e. The van der Waals surface area contributed by atoms with Gasteiger partial charge in [0.15, 0.2) is 0 Å². The summed E-state index contributed by atoms with van der Waals surface area (Å²) in [6, 6.07) is 10.2. The summed E-state index contributed by atoms with van der Waals surface area (Å²) in [6.45, 7) is 4.96. The molecule has 2 aromatic rings. The summed E-state index contributed by atoms with van der Waals surface area (Å²) in [7, 11) is -3.56. The number of nitrogens with zero attached hydrogens (tertiary/aromatic N) is 3. The number of hydrogen-bond donors (Lipinski definition) is 1. The molecule has 26 heavy (non-hydrogen) atoms. The highest BCUT2D eigenvalue weighted by atomic mass is 32.2. The first-order chi connectivity index (χ1) is 12.6. The van der Waals surface area contributed by atoms with E-state index in [0.717, 1.165) is 18.7 Å². The Hall–Kier alpha value is -1.70. The van der Waals surface area contributed by atoms with Crippen LogP contribution >= 0.6 is 0 Å². The minimum absolute atomic E-state index is 0.0466. The third-order valence-corrected chi connectivity index (χ3v) is 6.35. The fourth-order valence-electron chi connectivity index (χ4n) is 3.47. The molecular formula is C19H28N4O2S. The van der Waals surface area contributed by atoms with Crippen LogP contribution in [0.15, 0.2) is 47.6 Å². The molecule has 0 spiro atoms. The van der Waals surface area contributed by atoms with E-state index >= 15 is 0 Å². The van der Waals surface area contributed by atoms with Gasteiger partial charge in [-0.1, -0.05) is 43.2 Å². The van der Waals surface area contributed by atoms with Crippen molar-refractivity contribution in [2.45, 2.75) is 50.1 Å². The molecule has 1 atom stereocenters. The molecular weight excluding hydrogens is 348 g/mol. The number of aryl methyl sites for hydroxylation is 1. The molecule has 1 aromatic heterocycles. The van der Waals surface area contributed by atoms with Crippen LogP contribution in [0.5, 0.6) is 0 Å². The molecule has 1 saturated heterocycles. The van der Waals surface area contributed by atoms with Gasteiger partial charge in [-0.2, -0.15) is 5.10 Å². The summed E-state index contributed by atoms with van der Waals surface area (Å²) < 4.78 is 29.8. The second-order valence-electron chi connectivity index (χ2n) is 6.76. The topological polar surface area (TPSA) is 67.2 Å². The van der Waals surface area contributed by atoms with Gasteiger partial charge in [0.1, 0.15) is 4.90 Å². The summed E-state index contributed by atoms with van der Waals surface area (Å²) in [6.07, 6.45) is 7.82. The van der Waals surface area contributed by atoms with Crippen LogP contribution in [0, 0.1) is 0 Å². The Balaban J connectivity index is 1.77. The highest BCUT2D eigenvalue weighted by molar-refractivity contribution is 7.89. The quantitative estimate of drug-likeness (QED) is 0.807. The fraction of sp³-hybridized carbons (Fsp3) is 0.526. The zero-order chi connectivity index (χ0) is 18.4. The first-order valence-corrected chi connectivity index (χ1v) is 10.9. The van der Waals surface area contributed by atoms with Crippen LogP contribution in [-0.4, -0.2) is 42.7 Å². The minimum atomic E-state index is -3.56. The van der Waals surface area contributed by atoms with Crippen LogP contribution < -0.4 is 4.72 Å². The van der Waals surface area contributed by atoms with Crippen LogP contribution in [0.1, 0.15) is 44.2 Å². The van der Waals surface area contributed by atoms with Gasteiger partial charge < -0.3 is 0 Å². The molecule has 0 saturated carbocycles. The van der Waals surface area contributed by atoms with E-state index in [1.807, 2.05) is 25.1 Å². The lowest BCUT2D eigenvalue weighted by molar-refractivity contribution is 0.206. The molecule has 2 heterocycles. The summed E-state index contributed by atoms with van der Waals surface area (Å²) in [5, 5.41) is 4.08. The SMILES string of the molecule is CCn1cc(S(=O)(=O)NCC(c2ccccc2)N2CCCCCC2)cn1. The van der Waals surface area contributed by atoms with E-state index in [0.29, 0.717) is 13.1 Å². The van der Waals surface area contributed by atoms with Gasteiger partial charge in [0.05, 0.1) is 6.20 Å². The average molecular weight is 377 g/mol. The van der Waals surface area contributed by atoms with E-state index in [9.17, 15) is 8.42 Å². The van der Waals surface area contributed by atoms with Gasteiger partial charge >= 0.3 is 0 Å². The van der Waals surface area contributed by atoms with Gasteiger partial charge in [-0.3, -0.25) is 9.58 Å². The summed E-state index contributed by atoms with van der Waals surface area (Å²) in [5.41, 5.74) is 1.15. The number of aromatic nitrogens is 2. The molecule has 0 aliphatic carbocycles. The Morgan fingerprint density at radius 3 is 2.42 bits per heavy atom. The highest BCUT2D eigenvalue weighted by Crippen LogP contribution is 2.24. The van der Waals surface area contributed by atoms with Crippen molar-refractivity contribution in [3.63, 3.8) is 0 Å². The van der Waals surface area contributed by atoms with E-state index < -0.39 is 10.0 Å². The van der Waals surface area contributed by atoms with E-state index in [4.69, 9.17) is 0 Å². The monoisotopic (exact) mass is 376 g/mol. The Morgan fingerprint density at radius 2 is 1.81 bits per heavy atom. The molecule has 142 valence electrons. The summed E-state index contributed by atoms with van der Waals surface area (Å²) >= 11 is 0. The number of hydrogen-bond acceptors (Lipinski definition) is 4. The third kappa shape index (κ3) is 4.72. The molecule has 3 rings (SSSR count). The predicted octanol–water partition coefficient (Wildman–Crippen LogP) is 2.80. The maximum atomic E-state index is 12.7. The highest BCUT2D eigenvalue weighted by Gasteiger charge is 2.24. The molecule has 0 amide bonds. The summed E-state index contributed by atoms with van der Waals surface area (Å²) in [4.78, 5) is 2.64. The number of sulfonamides is 1. The van der Waals surface area contributed by atoms with Crippen LogP contribution in [0.4, 0.5) is 0 Å². The molecule has 1 aromatic carbocycles. The molecule has 1 fully saturated rings. The number of likely N-dealkylation sites (tertiary alicyclic amines) is 1. The van der Waals surface area contributed by atoms with Gasteiger partial charge in [-0.15, -0.1) is 0 Å². The predicted molar refractivity (Wildman–Crippen MR) is 102 cm³/mol. The zero-order valence-electron chi connectivity index (χ0n) is 15.3. The minimum Gasteiger partial charge on any atom is -0.295 e. The lowest BCUT2D eigenvalue weighted by Gasteiger charge is -2.31. The Bertz CT molecular complexity index is 781. The van der Waals surface area contributed by atoms with Crippen molar-refractivity contribution in [1.82, 2.24) is 19.4 Å². The standard InChI is InChI=1S/C19H28N4O2S/c1-2-23-16-18(14-20-23)26(24,25)21-15-19(17-10-6-5-7-11-17)22-12-8-3-4-9-13-22/h5-7,10-11,14,16,19,21H,2-4,8-9,12-13,15H2,1H3. The van der Waals surface area contributed by atoms with Gasteiger partial charge in [-0.25, -0.2) is 13.1 Å². The van der Waals surface area contributed by atoms with Crippen LogP contribution in [0.3, 0.4) is 0 Å². The smallest absolute Gasteiger partial charge is 0.243 e. The molecule has 0 radical (unpaired) electrons. The van der Waals surface area contributed by atoms with Crippen molar-refractivity contribution in [2.75, 3.05) is 19.6 Å². The van der Waals surface area contributed by atoms with Crippen molar-refractivity contribution < 1.29 is 8.42 Å². The van der Waals surface area contributed by atoms with E-state index in [1.165, 1.54) is 31.9 Å². The van der Waals surface area contributed by atoms with Crippen LogP contribution in [0.25, 0.3) is 0 Å². The second-order valence-corrected chi connectivity index (χ2v) is 8.53. The molecule has 0 bridgehead atoms. The fourth-order valence-corrected chi connectivity index (χ4v) is 4.46. The summed E-state index contributed by atoms with van der Waals surface area (Å²) in [5.74, 6) is 0. The number of rotatable bonds is 7. The maximum Gasteiger partial charge on any atom is 0.243 e. The second kappa shape index (κ2) is 8.79. The van der Waals surface area contributed by atoms with E-state index in [2.05, 4.69) is 26.9 Å². The lowest BCUT2D eigenvalue weighted by atomic mass is 10.1. The number of benzene rings is 1. The number of nitrogens with one attached hydrogen (secondary N) is 1. The molecule has 1 aliphatic rings. The van der Waals surface area contributed by atoms with Crippen molar-refractivity contribution in [3.05, 3.63) is 48.3 Å².